The first-order chi connectivity index (χ1) is 10.8. The summed E-state index contributed by atoms with van der Waals surface area (Å²) < 4.78 is 10.6. The molecule has 1 aromatic rings. The average Bonchev–Trinajstić information content (AvgIpc) is 3.05. The second-order valence-corrected chi connectivity index (χ2v) is 6.08. The molecule has 1 atom stereocenters. The lowest BCUT2D eigenvalue weighted by atomic mass is 9.94. The molecule has 0 spiro atoms. The van der Waals surface area contributed by atoms with Gasteiger partial charge in [0, 0.05) is 26.8 Å². The van der Waals surface area contributed by atoms with Crippen molar-refractivity contribution in [2.45, 2.75) is 32.2 Å². The Balaban J connectivity index is 1.88. The van der Waals surface area contributed by atoms with E-state index in [1.165, 1.54) is 12.8 Å². The van der Waals surface area contributed by atoms with Crippen LogP contribution in [0.3, 0.4) is 0 Å². The van der Waals surface area contributed by atoms with Crippen LogP contribution in [0.15, 0.2) is 35.0 Å². The summed E-state index contributed by atoms with van der Waals surface area (Å²) in [4.78, 5) is 2.23. The quantitative estimate of drug-likeness (QED) is 0.451. The van der Waals surface area contributed by atoms with Crippen LogP contribution in [-0.4, -0.2) is 36.8 Å². The Kier molecular flexibility index (Phi) is 7.46. The van der Waals surface area contributed by atoms with E-state index in [1.54, 1.807) is 13.4 Å². The summed E-state index contributed by atoms with van der Waals surface area (Å²) in [5.41, 5.74) is 0. The molecule has 1 aromatic heterocycles. The van der Waals surface area contributed by atoms with Gasteiger partial charge < -0.3 is 19.4 Å². The van der Waals surface area contributed by atoms with Crippen LogP contribution in [0, 0.1) is 5.92 Å². The van der Waals surface area contributed by atoms with Gasteiger partial charge >= 0.3 is 0 Å². The van der Waals surface area contributed by atoms with Gasteiger partial charge in [0.25, 0.3) is 0 Å². The minimum atomic E-state index is 0.665. The normalized spacial score (nSPS) is 17.4. The predicted octanol–water partition coefficient (Wildman–Crippen LogP) is 3.35. The maximum atomic E-state index is 5.58. The number of thiocarbonyl (C=S) groups is 1. The zero-order valence-electron chi connectivity index (χ0n) is 13.3. The highest BCUT2D eigenvalue weighted by Gasteiger charge is 2.18. The topological polar surface area (TPSA) is 37.6 Å². The molecular weight excluding hydrogens is 296 g/mol. The Bertz CT molecular complexity index is 459. The van der Waals surface area contributed by atoms with Crippen molar-refractivity contribution < 1.29 is 9.15 Å². The molecule has 0 radical (unpaired) electrons. The van der Waals surface area contributed by atoms with Crippen molar-refractivity contribution in [1.82, 2.24) is 10.2 Å². The maximum Gasteiger partial charge on any atom is 0.169 e. The Morgan fingerprint density at radius 1 is 1.50 bits per heavy atom. The molecule has 0 unspecified atom stereocenters. The molecular formula is C17H26N2O2S. The van der Waals surface area contributed by atoms with E-state index in [2.05, 4.69) is 22.4 Å². The lowest BCUT2D eigenvalue weighted by molar-refractivity contribution is 0.195. The van der Waals surface area contributed by atoms with Gasteiger partial charge in [0.05, 0.1) is 12.8 Å². The highest BCUT2D eigenvalue weighted by atomic mass is 32.1. The summed E-state index contributed by atoms with van der Waals surface area (Å²) in [7, 11) is 1.72. The van der Waals surface area contributed by atoms with Crippen molar-refractivity contribution in [3.05, 3.63) is 36.3 Å². The van der Waals surface area contributed by atoms with Crippen molar-refractivity contribution in [1.29, 1.82) is 0 Å². The molecule has 1 aliphatic rings. The fourth-order valence-corrected chi connectivity index (χ4v) is 2.91. The molecule has 0 bridgehead atoms. The summed E-state index contributed by atoms with van der Waals surface area (Å²) in [5, 5.41) is 4.14. The Morgan fingerprint density at radius 2 is 2.41 bits per heavy atom. The van der Waals surface area contributed by atoms with Gasteiger partial charge in [0.15, 0.2) is 5.11 Å². The molecule has 22 heavy (non-hydrogen) atoms. The van der Waals surface area contributed by atoms with Gasteiger partial charge in [-0.25, -0.2) is 0 Å². The number of rotatable bonds is 8. The minimum Gasteiger partial charge on any atom is -0.467 e. The summed E-state index contributed by atoms with van der Waals surface area (Å²) in [6.07, 6.45) is 10.8. The van der Waals surface area contributed by atoms with Crippen LogP contribution in [0.25, 0.3) is 0 Å². The van der Waals surface area contributed by atoms with Gasteiger partial charge in [-0.2, -0.15) is 0 Å². The molecule has 1 heterocycles. The molecule has 2 rings (SSSR count). The molecule has 1 aliphatic carbocycles. The number of furan rings is 1. The Labute approximate surface area is 138 Å². The van der Waals surface area contributed by atoms with Gasteiger partial charge in [-0.05, 0) is 56.0 Å². The molecule has 0 aliphatic heterocycles. The van der Waals surface area contributed by atoms with E-state index in [-0.39, 0.29) is 0 Å². The zero-order chi connectivity index (χ0) is 15.6. The summed E-state index contributed by atoms with van der Waals surface area (Å²) in [6, 6.07) is 3.92. The highest BCUT2D eigenvalue weighted by Crippen LogP contribution is 2.20. The zero-order valence-corrected chi connectivity index (χ0v) is 14.1. The van der Waals surface area contributed by atoms with Gasteiger partial charge in [0.2, 0.25) is 0 Å². The van der Waals surface area contributed by atoms with Crippen molar-refractivity contribution in [2.75, 3.05) is 26.8 Å². The highest BCUT2D eigenvalue weighted by molar-refractivity contribution is 7.80. The number of nitrogens with zero attached hydrogens (tertiary/aromatic N) is 1. The number of allylic oxidation sites excluding steroid dienone is 2. The van der Waals surface area contributed by atoms with Crippen molar-refractivity contribution >= 4 is 17.3 Å². The van der Waals surface area contributed by atoms with E-state index in [0.29, 0.717) is 5.92 Å². The molecule has 5 heteroatoms. The second kappa shape index (κ2) is 9.64. The molecule has 4 nitrogen and oxygen atoms in total. The van der Waals surface area contributed by atoms with E-state index in [9.17, 15) is 0 Å². The van der Waals surface area contributed by atoms with E-state index < -0.39 is 0 Å². The molecule has 0 aromatic carbocycles. The smallest absolute Gasteiger partial charge is 0.169 e. The summed E-state index contributed by atoms with van der Waals surface area (Å²) in [6.45, 7) is 3.29. The molecule has 0 saturated carbocycles. The average molecular weight is 322 g/mol. The lowest BCUT2D eigenvalue weighted by Gasteiger charge is -2.30. The van der Waals surface area contributed by atoms with Crippen molar-refractivity contribution in [3.63, 3.8) is 0 Å². The van der Waals surface area contributed by atoms with Gasteiger partial charge in [-0.3, -0.25) is 0 Å². The summed E-state index contributed by atoms with van der Waals surface area (Å²) in [5.74, 6) is 1.62. The predicted molar refractivity (Wildman–Crippen MR) is 92.7 cm³/mol. The number of ether oxygens (including phenoxy) is 1. The van der Waals surface area contributed by atoms with E-state index in [4.69, 9.17) is 21.4 Å². The van der Waals surface area contributed by atoms with Gasteiger partial charge in [-0.15, -0.1) is 0 Å². The third kappa shape index (κ3) is 5.81. The summed E-state index contributed by atoms with van der Waals surface area (Å²) >= 11 is 5.58. The van der Waals surface area contributed by atoms with Crippen molar-refractivity contribution in [2.24, 2.45) is 5.92 Å². The molecule has 0 amide bonds. The Hall–Kier alpha value is -1.33. The van der Waals surface area contributed by atoms with Crippen LogP contribution in [-0.2, 0) is 11.3 Å². The van der Waals surface area contributed by atoms with Crippen LogP contribution in [0.5, 0.6) is 0 Å². The van der Waals surface area contributed by atoms with Crippen LogP contribution >= 0.6 is 12.2 Å². The second-order valence-electron chi connectivity index (χ2n) is 5.69. The SMILES string of the molecule is COCCCNC(=S)N(Cc1ccco1)C[C@@H]1CC=CCC1. The molecule has 1 N–H and O–H groups in total. The molecule has 122 valence electrons. The number of hydrogen-bond acceptors (Lipinski definition) is 3. The minimum absolute atomic E-state index is 0.665. The van der Waals surface area contributed by atoms with E-state index in [0.717, 1.165) is 50.0 Å². The standard InChI is InChI=1S/C17H26N2O2S/c1-20-11-6-10-18-17(22)19(14-16-9-5-12-21-16)13-15-7-3-2-4-8-15/h2-3,5,9,12,15H,4,6-8,10-11,13-14H2,1H3,(H,18,22)/t15-/m1/s1. The third-order valence-corrected chi connectivity index (χ3v) is 4.27. The van der Waals surface area contributed by atoms with Gasteiger partial charge in [-0.1, -0.05) is 12.2 Å². The fourth-order valence-electron chi connectivity index (χ4n) is 2.67. The third-order valence-electron chi connectivity index (χ3n) is 3.87. The Morgan fingerprint density at radius 3 is 3.09 bits per heavy atom. The first-order valence-electron chi connectivity index (χ1n) is 7.98. The van der Waals surface area contributed by atoms with Crippen LogP contribution in [0.2, 0.25) is 0 Å². The van der Waals surface area contributed by atoms with Crippen LogP contribution < -0.4 is 5.32 Å². The number of methoxy groups -OCH3 is 1. The number of hydrogen-bond donors (Lipinski definition) is 1. The first-order valence-corrected chi connectivity index (χ1v) is 8.39. The molecule has 0 fully saturated rings. The van der Waals surface area contributed by atoms with Gasteiger partial charge in [0.1, 0.15) is 5.76 Å². The van der Waals surface area contributed by atoms with Crippen LogP contribution in [0.1, 0.15) is 31.4 Å². The fraction of sp³-hybridized carbons (Fsp3) is 0.588. The molecule has 0 saturated heterocycles. The maximum absolute atomic E-state index is 5.58. The number of nitrogens with one attached hydrogen (secondary N) is 1. The first kappa shape index (κ1) is 17.0. The van der Waals surface area contributed by atoms with E-state index >= 15 is 0 Å². The van der Waals surface area contributed by atoms with Crippen molar-refractivity contribution in [3.8, 4) is 0 Å². The largest absolute Gasteiger partial charge is 0.467 e. The monoisotopic (exact) mass is 322 g/mol. The lowest BCUT2D eigenvalue weighted by Crippen LogP contribution is -2.42. The van der Waals surface area contributed by atoms with E-state index in [1.807, 2.05) is 12.1 Å². The van der Waals surface area contributed by atoms with Crippen LogP contribution in [0.4, 0.5) is 0 Å².